The van der Waals surface area contributed by atoms with Gasteiger partial charge in [-0.2, -0.15) is 19.6 Å². The van der Waals surface area contributed by atoms with Gasteiger partial charge in [-0.1, -0.05) is 18.5 Å². The molecule has 0 amide bonds. The van der Waals surface area contributed by atoms with Crippen LogP contribution in [0, 0.1) is 0 Å². The van der Waals surface area contributed by atoms with Crippen LogP contribution in [0.25, 0.3) is 5.65 Å². The van der Waals surface area contributed by atoms with Crippen molar-refractivity contribution in [2.24, 2.45) is 0 Å². The summed E-state index contributed by atoms with van der Waals surface area (Å²) in [5.74, 6) is 0.932. The largest absolute Gasteiger partial charge is 0.368 e. The number of nitrogens with zero attached hydrogens (tertiary/aromatic N) is 5. The molecule has 118 valence electrons. The van der Waals surface area contributed by atoms with Crippen LogP contribution in [0.4, 0.5) is 11.9 Å². The van der Waals surface area contributed by atoms with E-state index >= 15 is 0 Å². The summed E-state index contributed by atoms with van der Waals surface area (Å²) in [7, 11) is 0. The maximum atomic E-state index is 6.07. The lowest BCUT2D eigenvalue weighted by atomic mass is 10.1. The van der Waals surface area contributed by atoms with E-state index in [-0.39, 0.29) is 30.8 Å². The first-order valence-corrected chi connectivity index (χ1v) is 6.72. The first kappa shape index (κ1) is 18.0. The van der Waals surface area contributed by atoms with Crippen molar-refractivity contribution in [1.29, 1.82) is 0 Å². The van der Waals surface area contributed by atoms with Crippen LogP contribution in [-0.4, -0.2) is 45.3 Å². The van der Waals surface area contributed by atoms with E-state index in [0.29, 0.717) is 22.7 Å². The molecule has 1 atom stereocenters. The van der Waals surface area contributed by atoms with Gasteiger partial charge in [0.05, 0.1) is 6.20 Å². The minimum atomic E-state index is 0. The normalized spacial score (nSPS) is 18.2. The quantitative estimate of drug-likeness (QED) is 0.848. The van der Waals surface area contributed by atoms with Crippen LogP contribution >= 0.6 is 36.4 Å². The number of fused-ring (bicyclic) bond motifs is 1. The fourth-order valence-corrected chi connectivity index (χ4v) is 2.59. The molecule has 3 heterocycles. The Morgan fingerprint density at radius 2 is 2.19 bits per heavy atom. The van der Waals surface area contributed by atoms with Gasteiger partial charge in [0.2, 0.25) is 11.9 Å². The van der Waals surface area contributed by atoms with Crippen LogP contribution < -0.4 is 16.0 Å². The Morgan fingerprint density at radius 3 is 2.90 bits per heavy atom. The van der Waals surface area contributed by atoms with Crippen LogP contribution in [0.2, 0.25) is 5.02 Å². The average Bonchev–Trinajstić information content (AvgIpc) is 2.79. The number of hydrogen-bond acceptors (Lipinski definition) is 6. The van der Waals surface area contributed by atoms with Crippen LogP contribution in [0.1, 0.15) is 13.3 Å². The fourth-order valence-electron chi connectivity index (χ4n) is 2.43. The SMILES string of the molecule is CC[C@H]1CNCCN1c1nc(N)nc2c(Cl)cnn12.Cl.Cl. The molecule has 1 aliphatic rings. The first-order valence-electron chi connectivity index (χ1n) is 6.34. The number of hydrogen-bond donors (Lipinski definition) is 2. The second kappa shape index (κ2) is 7.31. The predicted octanol–water partition coefficient (Wildman–Crippen LogP) is 1.39. The molecule has 10 heteroatoms. The topological polar surface area (TPSA) is 84.4 Å². The highest BCUT2D eigenvalue weighted by molar-refractivity contribution is 6.33. The number of rotatable bonds is 2. The van der Waals surface area contributed by atoms with Crippen LogP contribution in [0.3, 0.4) is 0 Å². The van der Waals surface area contributed by atoms with E-state index in [4.69, 9.17) is 17.3 Å². The maximum absolute atomic E-state index is 6.07. The van der Waals surface area contributed by atoms with Crippen LogP contribution in [0.5, 0.6) is 0 Å². The van der Waals surface area contributed by atoms with Crippen molar-refractivity contribution >= 4 is 54.0 Å². The minimum absolute atomic E-state index is 0. The van der Waals surface area contributed by atoms with E-state index < -0.39 is 0 Å². The van der Waals surface area contributed by atoms with Gasteiger partial charge in [0.1, 0.15) is 5.02 Å². The Kier molecular flexibility index (Phi) is 6.27. The molecule has 2 aromatic heterocycles. The number of nitrogens with one attached hydrogen (secondary N) is 1. The molecule has 1 fully saturated rings. The van der Waals surface area contributed by atoms with Crippen molar-refractivity contribution in [3.63, 3.8) is 0 Å². The smallest absolute Gasteiger partial charge is 0.232 e. The summed E-state index contributed by atoms with van der Waals surface area (Å²) in [6.07, 6.45) is 2.59. The van der Waals surface area contributed by atoms with Gasteiger partial charge in [0.15, 0.2) is 5.65 Å². The maximum Gasteiger partial charge on any atom is 0.232 e. The fraction of sp³-hybridized carbons (Fsp3) is 0.545. The van der Waals surface area contributed by atoms with E-state index in [1.807, 2.05) is 0 Å². The molecule has 0 aliphatic carbocycles. The lowest BCUT2D eigenvalue weighted by Gasteiger charge is -2.36. The molecule has 2 aromatic rings. The molecular weight excluding hydrogens is 337 g/mol. The molecule has 0 saturated carbocycles. The second-order valence-electron chi connectivity index (χ2n) is 4.57. The Bertz CT molecular complexity index is 603. The van der Waals surface area contributed by atoms with E-state index in [1.54, 1.807) is 10.7 Å². The number of aromatic nitrogens is 4. The molecule has 3 rings (SSSR count). The summed E-state index contributed by atoms with van der Waals surface area (Å²) in [5, 5.41) is 8.11. The third-order valence-electron chi connectivity index (χ3n) is 3.40. The summed E-state index contributed by atoms with van der Waals surface area (Å²) in [4.78, 5) is 10.7. The van der Waals surface area contributed by atoms with E-state index in [9.17, 15) is 0 Å². The van der Waals surface area contributed by atoms with E-state index in [2.05, 4.69) is 32.2 Å². The average molecular weight is 355 g/mol. The second-order valence-corrected chi connectivity index (χ2v) is 4.98. The molecular formula is C11H18Cl3N7. The van der Waals surface area contributed by atoms with Gasteiger partial charge >= 0.3 is 0 Å². The van der Waals surface area contributed by atoms with Crippen molar-refractivity contribution in [2.75, 3.05) is 30.3 Å². The molecule has 0 unspecified atom stereocenters. The summed E-state index contributed by atoms with van der Waals surface area (Å²) < 4.78 is 1.66. The molecule has 3 N–H and O–H groups in total. The summed E-state index contributed by atoms with van der Waals surface area (Å²) in [5.41, 5.74) is 6.34. The minimum Gasteiger partial charge on any atom is -0.368 e. The summed E-state index contributed by atoms with van der Waals surface area (Å²) in [6, 6.07) is 0.370. The molecule has 0 radical (unpaired) electrons. The van der Waals surface area contributed by atoms with Gasteiger partial charge in [-0.15, -0.1) is 24.8 Å². The lowest BCUT2D eigenvalue weighted by Crippen LogP contribution is -2.52. The van der Waals surface area contributed by atoms with Crippen molar-refractivity contribution in [2.45, 2.75) is 19.4 Å². The molecule has 1 saturated heterocycles. The number of nitrogen functional groups attached to an aromatic ring is 1. The number of nitrogens with two attached hydrogens (primary N) is 1. The van der Waals surface area contributed by atoms with Crippen molar-refractivity contribution in [1.82, 2.24) is 24.9 Å². The zero-order chi connectivity index (χ0) is 13.4. The first-order chi connectivity index (χ1) is 9.20. The molecule has 21 heavy (non-hydrogen) atoms. The molecule has 0 bridgehead atoms. The van der Waals surface area contributed by atoms with Crippen molar-refractivity contribution < 1.29 is 0 Å². The summed E-state index contributed by atoms with van der Waals surface area (Å²) in [6.45, 7) is 4.86. The zero-order valence-corrected chi connectivity index (χ0v) is 13.9. The van der Waals surface area contributed by atoms with Crippen molar-refractivity contribution in [3.8, 4) is 0 Å². The van der Waals surface area contributed by atoms with Crippen molar-refractivity contribution in [3.05, 3.63) is 11.2 Å². The highest BCUT2D eigenvalue weighted by Crippen LogP contribution is 2.23. The monoisotopic (exact) mass is 353 g/mol. The van der Waals surface area contributed by atoms with Gasteiger partial charge in [-0.05, 0) is 6.42 Å². The standard InChI is InChI=1S/C11H16ClN7.2ClH/c1-2-7-5-14-3-4-18(7)11-17-10(13)16-9-8(12)6-15-19(9)11;;/h6-7,14H,2-5H2,1H3,(H2,13,16);2*1H/t7-;;/m0../s1. The highest BCUT2D eigenvalue weighted by atomic mass is 35.5. The molecule has 1 aliphatic heterocycles. The Labute approximate surface area is 140 Å². The van der Waals surface area contributed by atoms with E-state index in [1.165, 1.54) is 0 Å². The van der Waals surface area contributed by atoms with Gasteiger partial charge < -0.3 is 16.0 Å². The Morgan fingerprint density at radius 1 is 1.43 bits per heavy atom. The third-order valence-corrected chi connectivity index (χ3v) is 3.67. The van der Waals surface area contributed by atoms with Crippen LogP contribution in [0.15, 0.2) is 6.20 Å². The van der Waals surface area contributed by atoms with Gasteiger partial charge in [-0.3, -0.25) is 0 Å². The van der Waals surface area contributed by atoms with Gasteiger partial charge in [0, 0.05) is 25.7 Å². The molecule has 0 aromatic carbocycles. The third kappa shape index (κ3) is 3.26. The zero-order valence-electron chi connectivity index (χ0n) is 11.5. The van der Waals surface area contributed by atoms with Gasteiger partial charge in [0.25, 0.3) is 0 Å². The number of anilines is 2. The predicted molar refractivity (Wildman–Crippen MR) is 89.0 cm³/mol. The Balaban J connectivity index is 0.00000110. The van der Waals surface area contributed by atoms with E-state index in [0.717, 1.165) is 26.1 Å². The Hall–Kier alpha value is -1.02. The summed E-state index contributed by atoms with van der Waals surface area (Å²) >= 11 is 6.07. The highest BCUT2D eigenvalue weighted by Gasteiger charge is 2.25. The molecule has 0 spiro atoms. The molecule has 7 nitrogen and oxygen atoms in total. The number of halogens is 3. The van der Waals surface area contributed by atoms with Gasteiger partial charge in [-0.25, -0.2) is 0 Å². The number of piperazine rings is 1. The van der Waals surface area contributed by atoms with Crippen LogP contribution in [-0.2, 0) is 0 Å². The lowest BCUT2D eigenvalue weighted by molar-refractivity contribution is 0.456.